The van der Waals surface area contributed by atoms with Crippen LogP contribution in [-0.4, -0.2) is 65.0 Å². The molecular weight excluding hydrogens is 415 g/mol. The largest absolute Gasteiger partial charge is 0.477 e. The second-order valence-electron chi connectivity index (χ2n) is 6.84. The predicted molar refractivity (Wildman–Crippen MR) is 110 cm³/mol. The van der Waals surface area contributed by atoms with Gasteiger partial charge < -0.3 is 25.8 Å². The number of aromatic nitrogens is 3. The van der Waals surface area contributed by atoms with E-state index in [1.165, 1.54) is 16.0 Å². The number of nitrogens with two attached hydrogens (primary N) is 1. The lowest BCUT2D eigenvalue weighted by Gasteiger charge is -2.19. The van der Waals surface area contributed by atoms with Crippen molar-refractivity contribution in [3.05, 3.63) is 39.4 Å². The lowest BCUT2D eigenvalue weighted by atomic mass is 10.1. The van der Waals surface area contributed by atoms with Crippen molar-refractivity contribution in [2.24, 2.45) is 0 Å². The Bertz CT molecular complexity index is 1180. The molecule has 4 heterocycles. The molecule has 3 aromatic heterocycles. The summed E-state index contributed by atoms with van der Waals surface area (Å²) in [7, 11) is 3.47. The topological polar surface area (TPSA) is 136 Å². The number of thiazole rings is 1. The Morgan fingerprint density at radius 1 is 1.43 bits per heavy atom. The zero-order valence-electron chi connectivity index (χ0n) is 16.1. The molecule has 12 heteroatoms. The van der Waals surface area contributed by atoms with Crippen LogP contribution in [0.1, 0.15) is 10.4 Å². The summed E-state index contributed by atoms with van der Waals surface area (Å²) < 4.78 is 20.3. The average molecular weight is 434 g/mol. The van der Waals surface area contributed by atoms with Gasteiger partial charge >= 0.3 is 5.97 Å². The van der Waals surface area contributed by atoms with E-state index in [0.29, 0.717) is 18.9 Å². The van der Waals surface area contributed by atoms with Crippen molar-refractivity contribution in [2.45, 2.75) is 12.1 Å². The SMILES string of the molecule is CNC1CN(c2cc(N)c3c(=O)c(C(=O)O)cn(-c4nc(F)cs4)c3n2)CC1OC. The number of hydrogen-bond acceptors (Lipinski definition) is 9. The first-order valence-corrected chi connectivity index (χ1v) is 9.87. The van der Waals surface area contributed by atoms with Gasteiger partial charge in [0.1, 0.15) is 11.4 Å². The first-order chi connectivity index (χ1) is 14.3. The van der Waals surface area contributed by atoms with Gasteiger partial charge in [0.15, 0.2) is 10.8 Å². The van der Waals surface area contributed by atoms with E-state index in [-0.39, 0.29) is 34.0 Å². The van der Waals surface area contributed by atoms with Crippen molar-refractivity contribution < 1.29 is 19.0 Å². The lowest BCUT2D eigenvalue weighted by molar-refractivity contribution is 0.0695. The molecule has 0 aliphatic carbocycles. The molecule has 0 radical (unpaired) electrons. The smallest absolute Gasteiger partial charge is 0.341 e. The van der Waals surface area contributed by atoms with Crippen LogP contribution in [0.3, 0.4) is 0 Å². The van der Waals surface area contributed by atoms with Crippen LogP contribution < -0.4 is 21.4 Å². The van der Waals surface area contributed by atoms with Crippen LogP contribution >= 0.6 is 11.3 Å². The predicted octanol–water partition coefficient (Wildman–Crippen LogP) is 0.685. The summed E-state index contributed by atoms with van der Waals surface area (Å²) in [6.07, 6.45) is 1.03. The summed E-state index contributed by atoms with van der Waals surface area (Å²) in [4.78, 5) is 34.6. The molecule has 4 rings (SSSR count). The number of pyridine rings is 2. The Kier molecular flexibility index (Phi) is 5.13. The minimum absolute atomic E-state index is 0.0538. The van der Waals surface area contributed by atoms with E-state index in [1.807, 2.05) is 11.9 Å². The highest BCUT2D eigenvalue weighted by Gasteiger charge is 2.33. The molecule has 0 amide bonds. The number of hydrogen-bond donors (Lipinski definition) is 3. The van der Waals surface area contributed by atoms with Crippen molar-refractivity contribution in [3.8, 4) is 5.13 Å². The third-order valence-corrected chi connectivity index (χ3v) is 5.95. The minimum atomic E-state index is -1.42. The third-order valence-electron chi connectivity index (χ3n) is 5.14. The summed E-state index contributed by atoms with van der Waals surface area (Å²) in [5.74, 6) is -1.65. The Hall–Kier alpha value is -3.09. The Balaban J connectivity index is 1.95. The third kappa shape index (κ3) is 3.28. The number of nitrogens with zero attached hydrogens (tertiary/aromatic N) is 4. The molecule has 0 saturated carbocycles. The fourth-order valence-electron chi connectivity index (χ4n) is 3.62. The minimum Gasteiger partial charge on any atom is -0.477 e. The van der Waals surface area contributed by atoms with Crippen molar-refractivity contribution in [3.63, 3.8) is 0 Å². The molecule has 10 nitrogen and oxygen atoms in total. The monoisotopic (exact) mass is 434 g/mol. The van der Waals surface area contributed by atoms with E-state index in [1.54, 1.807) is 7.11 Å². The van der Waals surface area contributed by atoms with Gasteiger partial charge in [-0.25, -0.2) is 9.78 Å². The number of rotatable bonds is 5. The second-order valence-corrected chi connectivity index (χ2v) is 7.68. The summed E-state index contributed by atoms with van der Waals surface area (Å²) in [5, 5.41) is 13.9. The molecule has 4 N–H and O–H groups in total. The van der Waals surface area contributed by atoms with Crippen molar-refractivity contribution in [2.75, 3.05) is 37.9 Å². The zero-order valence-corrected chi connectivity index (χ0v) is 16.9. The summed E-state index contributed by atoms with van der Waals surface area (Å²) in [5.41, 5.74) is 5.09. The Morgan fingerprint density at radius 3 is 2.77 bits per heavy atom. The van der Waals surface area contributed by atoms with Gasteiger partial charge in [-0.15, -0.1) is 11.3 Å². The number of nitrogen functional groups attached to an aromatic ring is 1. The summed E-state index contributed by atoms with van der Waals surface area (Å²) >= 11 is 0.953. The number of carbonyl (C=O) groups is 1. The van der Waals surface area contributed by atoms with E-state index in [0.717, 1.165) is 17.5 Å². The summed E-state index contributed by atoms with van der Waals surface area (Å²) in [6, 6.07) is 1.60. The number of aromatic carboxylic acids is 1. The second kappa shape index (κ2) is 7.63. The number of nitrogens with one attached hydrogen (secondary N) is 1. The number of carboxylic acid groups (broad SMARTS) is 1. The van der Waals surface area contributed by atoms with Gasteiger partial charge in [-0.05, 0) is 7.05 Å². The Morgan fingerprint density at radius 2 is 2.20 bits per heavy atom. The van der Waals surface area contributed by atoms with E-state index in [2.05, 4.69) is 15.3 Å². The first-order valence-electron chi connectivity index (χ1n) is 8.99. The number of methoxy groups -OCH3 is 1. The number of ether oxygens (including phenoxy) is 1. The van der Waals surface area contributed by atoms with Crippen molar-refractivity contribution in [1.82, 2.24) is 19.9 Å². The number of anilines is 2. The van der Waals surface area contributed by atoms with Gasteiger partial charge in [-0.2, -0.15) is 9.37 Å². The molecular formula is C18H19FN6O4S. The standard InChI is InChI=1S/C18H19FN6O4S/c1-21-10-5-24(6-11(10)29-2)13-3-9(20)14-15(26)8(17(27)28)4-25(16(14)23-13)18-22-12(19)7-30-18/h3-4,7,10-11,21H,5-6H2,1-2H3,(H2,20,23)(H,27,28). The van der Waals surface area contributed by atoms with E-state index in [9.17, 15) is 19.1 Å². The van der Waals surface area contributed by atoms with Crippen LogP contribution in [0.2, 0.25) is 0 Å². The van der Waals surface area contributed by atoms with Gasteiger partial charge in [0, 0.05) is 37.8 Å². The molecule has 1 saturated heterocycles. The van der Waals surface area contributed by atoms with Crippen LogP contribution in [0.25, 0.3) is 16.2 Å². The molecule has 0 aromatic carbocycles. The molecule has 1 aliphatic rings. The maximum absolute atomic E-state index is 13.6. The summed E-state index contributed by atoms with van der Waals surface area (Å²) in [6.45, 7) is 1.14. The maximum Gasteiger partial charge on any atom is 0.341 e. The lowest BCUT2D eigenvalue weighted by Crippen LogP contribution is -2.37. The van der Waals surface area contributed by atoms with E-state index in [4.69, 9.17) is 10.5 Å². The molecule has 3 aromatic rings. The normalized spacial score (nSPS) is 19.0. The maximum atomic E-state index is 13.6. The van der Waals surface area contributed by atoms with Crippen molar-refractivity contribution in [1.29, 1.82) is 0 Å². The first kappa shape index (κ1) is 20.2. The highest BCUT2D eigenvalue weighted by atomic mass is 32.1. The quantitative estimate of drug-likeness (QED) is 0.530. The number of carboxylic acids is 1. The van der Waals surface area contributed by atoms with Gasteiger partial charge in [-0.3, -0.25) is 9.36 Å². The number of likely N-dealkylation sites (N-methyl/N-ethyl adjacent to an activating group) is 1. The van der Waals surface area contributed by atoms with Gasteiger partial charge in [0.2, 0.25) is 11.4 Å². The number of halogens is 1. The van der Waals surface area contributed by atoms with Gasteiger partial charge in [-0.1, -0.05) is 0 Å². The molecule has 2 atom stereocenters. The molecule has 1 aliphatic heterocycles. The average Bonchev–Trinajstić information content (AvgIpc) is 3.33. The fraction of sp³-hybridized carbons (Fsp3) is 0.333. The molecule has 2 unspecified atom stereocenters. The number of fused-ring (bicyclic) bond motifs is 1. The highest BCUT2D eigenvalue weighted by Crippen LogP contribution is 2.28. The highest BCUT2D eigenvalue weighted by molar-refractivity contribution is 7.12. The van der Waals surface area contributed by atoms with E-state index < -0.39 is 22.9 Å². The van der Waals surface area contributed by atoms with Crippen LogP contribution in [0.5, 0.6) is 0 Å². The zero-order chi connectivity index (χ0) is 21.6. The van der Waals surface area contributed by atoms with Crippen LogP contribution in [0.4, 0.5) is 15.9 Å². The van der Waals surface area contributed by atoms with Crippen LogP contribution in [-0.2, 0) is 4.74 Å². The van der Waals surface area contributed by atoms with Gasteiger partial charge in [0.25, 0.3) is 0 Å². The Labute approximate surface area is 173 Å². The molecule has 0 spiro atoms. The van der Waals surface area contributed by atoms with Crippen molar-refractivity contribution >= 4 is 39.8 Å². The van der Waals surface area contributed by atoms with Gasteiger partial charge in [0.05, 0.1) is 23.2 Å². The molecule has 30 heavy (non-hydrogen) atoms. The van der Waals surface area contributed by atoms with Crippen LogP contribution in [0, 0.1) is 5.95 Å². The molecule has 158 valence electrons. The van der Waals surface area contributed by atoms with Crippen LogP contribution in [0.15, 0.2) is 22.4 Å². The fourth-order valence-corrected chi connectivity index (χ4v) is 4.27. The van der Waals surface area contributed by atoms with E-state index >= 15 is 0 Å². The molecule has 1 fully saturated rings. The molecule has 0 bridgehead atoms.